The van der Waals surface area contributed by atoms with Crippen LogP contribution < -0.4 is 9.54 Å². The Morgan fingerprint density at radius 1 is 1.06 bits per heavy atom. The average molecular weight is 463 g/mol. The molecule has 1 amide bonds. The Labute approximate surface area is 185 Å². The van der Waals surface area contributed by atoms with Gasteiger partial charge in [0, 0.05) is 18.7 Å². The smallest absolute Gasteiger partial charge is 0.279 e. The van der Waals surface area contributed by atoms with Crippen molar-refractivity contribution in [2.75, 3.05) is 25.6 Å². The van der Waals surface area contributed by atoms with Crippen LogP contribution in [-0.2, 0) is 21.1 Å². The van der Waals surface area contributed by atoms with Gasteiger partial charge in [-0.25, -0.2) is 8.42 Å². The molecule has 1 aromatic heterocycles. The zero-order chi connectivity index (χ0) is 22.4. The third-order valence-corrected chi connectivity index (χ3v) is 7.46. The molecule has 31 heavy (non-hydrogen) atoms. The predicted molar refractivity (Wildman–Crippen MR) is 122 cm³/mol. The molecule has 3 rings (SSSR count). The van der Waals surface area contributed by atoms with Crippen LogP contribution in [0.25, 0.3) is 10.2 Å². The summed E-state index contributed by atoms with van der Waals surface area (Å²) in [6.07, 6.45) is 0. The lowest BCUT2D eigenvalue weighted by molar-refractivity contribution is 0.0996. The number of aromatic nitrogens is 1. The minimum Gasteiger partial charge on any atom is -0.494 e. The number of nitrogens with zero attached hydrogens (tertiary/aromatic N) is 2. The Morgan fingerprint density at radius 2 is 1.81 bits per heavy atom. The van der Waals surface area contributed by atoms with Gasteiger partial charge in [0.1, 0.15) is 5.75 Å². The summed E-state index contributed by atoms with van der Waals surface area (Å²) < 4.78 is 38.0. The first-order valence-corrected chi connectivity index (χ1v) is 12.6. The number of thiazole rings is 1. The fourth-order valence-electron chi connectivity index (χ4n) is 3.03. The molecular weight excluding hydrogens is 436 g/mol. The number of amides is 1. The van der Waals surface area contributed by atoms with Gasteiger partial charge >= 0.3 is 0 Å². The van der Waals surface area contributed by atoms with Crippen molar-refractivity contribution in [2.45, 2.75) is 32.2 Å². The van der Waals surface area contributed by atoms with Crippen molar-refractivity contribution in [3.05, 3.63) is 52.8 Å². The molecule has 0 unspecified atom stereocenters. The van der Waals surface area contributed by atoms with Crippen molar-refractivity contribution in [2.24, 2.45) is 4.99 Å². The molecule has 0 aliphatic heterocycles. The summed E-state index contributed by atoms with van der Waals surface area (Å²) in [5.41, 5.74) is 1.28. The molecule has 0 fully saturated rings. The summed E-state index contributed by atoms with van der Waals surface area (Å²) in [6.45, 7) is 7.68. The van der Waals surface area contributed by atoms with Crippen molar-refractivity contribution in [1.82, 2.24) is 4.57 Å². The molecule has 0 saturated carbocycles. The van der Waals surface area contributed by atoms with Gasteiger partial charge in [-0.3, -0.25) is 4.79 Å². The molecule has 0 aliphatic rings. The van der Waals surface area contributed by atoms with E-state index in [1.807, 2.05) is 36.6 Å². The fraction of sp³-hybridized carbons (Fsp3) is 0.364. The molecule has 0 N–H and O–H groups in total. The lowest BCUT2D eigenvalue weighted by Gasteiger charge is -2.06. The predicted octanol–water partition coefficient (Wildman–Crippen LogP) is 3.67. The van der Waals surface area contributed by atoms with E-state index >= 15 is 0 Å². The second-order valence-electron chi connectivity index (χ2n) is 6.64. The van der Waals surface area contributed by atoms with Crippen LogP contribution in [0.3, 0.4) is 0 Å². The first-order valence-electron chi connectivity index (χ1n) is 10.2. The van der Waals surface area contributed by atoms with Crippen molar-refractivity contribution in [3.63, 3.8) is 0 Å². The van der Waals surface area contributed by atoms with Crippen LogP contribution in [0.5, 0.6) is 5.75 Å². The molecule has 166 valence electrons. The minimum absolute atomic E-state index is 0.00994. The van der Waals surface area contributed by atoms with Crippen LogP contribution in [-0.4, -0.2) is 44.5 Å². The first-order chi connectivity index (χ1) is 14.9. The normalized spacial score (nSPS) is 12.4. The maximum Gasteiger partial charge on any atom is 0.279 e. The number of sulfone groups is 1. The maximum atomic E-state index is 12.8. The number of rotatable bonds is 9. The molecule has 0 aliphatic carbocycles. The van der Waals surface area contributed by atoms with Crippen LogP contribution >= 0.6 is 11.3 Å². The van der Waals surface area contributed by atoms with E-state index in [0.29, 0.717) is 36.7 Å². The zero-order valence-corrected chi connectivity index (χ0v) is 19.5. The molecular formula is C22H26N2O5S2. The summed E-state index contributed by atoms with van der Waals surface area (Å²) >= 11 is 1.40. The van der Waals surface area contributed by atoms with E-state index in [1.54, 1.807) is 6.92 Å². The molecule has 0 saturated heterocycles. The van der Waals surface area contributed by atoms with Crippen molar-refractivity contribution >= 4 is 37.3 Å². The number of fused-ring (bicyclic) bond motifs is 1. The van der Waals surface area contributed by atoms with Gasteiger partial charge in [0.2, 0.25) is 0 Å². The highest BCUT2D eigenvalue weighted by molar-refractivity contribution is 7.91. The van der Waals surface area contributed by atoms with Crippen LogP contribution in [0.2, 0.25) is 0 Å². The molecule has 0 spiro atoms. The Morgan fingerprint density at radius 3 is 2.45 bits per heavy atom. The standard InChI is InChI=1S/C22H26N2O5S2/c1-4-28-14-13-24-19-12-9-17(29-5-2)15-20(19)30-22(24)23-21(25)16-7-10-18(11-8-16)31(26,27)6-3/h7-12,15H,4-6,13-14H2,1-3H3. The van der Waals surface area contributed by atoms with Crippen molar-refractivity contribution < 1.29 is 22.7 Å². The van der Waals surface area contributed by atoms with Gasteiger partial charge in [-0.05, 0) is 56.3 Å². The van der Waals surface area contributed by atoms with Gasteiger partial charge in [0.25, 0.3) is 5.91 Å². The fourth-order valence-corrected chi connectivity index (χ4v) is 5.00. The van der Waals surface area contributed by atoms with Crippen LogP contribution in [0.15, 0.2) is 52.4 Å². The lowest BCUT2D eigenvalue weighted by Crippen LogP contribution is -2.19. The van der Waals surface area contributed by atoms with E-state index in [9.17, 15) is 13.2 Å². The van der Waals surface area contributed by atoms with E-state index in [0.717, 1.165) is 16.0 Å². The third kappa shape index (κ3) is 5.41. The average Bonchev–Trinajstić information content (AvgIpc) is 3.10. The van der Waals surface area contributed by atoms with Crippen LogP contribution in [0.1, 0.15) is 31.1 Å². The highest BCUT2D eigenvalue weighted by atomic mass is 32.2. The molecule has 9 heteroatoms. The highest BCUT2D eigenvalue weighted by Crippen LogP contribution is 2.23. The molecule has 0 atom stereocenters. The van der Waals surface area contributed by atoms with Gasteiger partial charge in [-0.1, -0.05) is 18.3 Å². The molecule has 2 aromatic carbocycles. The number of ether oxygens (including phenoxy) is 2. The summed E-state index contributed by atoms with van der Waals surface area (Å²) in [5, 5.41) is 0. The Hall–Kier alpha value is -2.49. The Kier molecular flexibility index (Phi) is 7.64. The van der Waals surface area contributed by atoms with Crippen LogP contribution in [0.4, 0.5) is 0 Å². The maximum absolute atomic E-state index is 12.8. The van der Waals surface area contributed by atoms with E-state index in [4.69, 9.17) is 9.47 Å². The van der Waals surface area contributed by atoms with E-state index in [1.165, 1.54) is 35.6 Å². The van der Waals surface area contributed by atoms with E-state index in [2.05, 4.69) is 4.99 Å². The molecule has 0 bridgehead atoms. The number of benzene rings is 2. The summed E-state index contributed by atoms with van der Waals surface area (Å²) in [6, 6.07) is 11.7. The second kappa shape index (κ2) is 10.2. The van der Waals surface area contributed by atoms with Crippen molar-refractivity contribution in [3.8, 4) is 5.75 Å². The van der Waals surface area contributed by atoms with Gasteiger partial charge in [0.15, 0.2) is 14.6 Å². The van der Waals surface area contributed by atoms with Gasteiger partial charge in [0.05, 0.1) is 34.1 Å². The summed E-state index contributed by atoms with van der Waals surface area (Å²) in [5.74, 6) is 0.344. The molecule has 1 heterocycles. The zero-order valence-electron chi connectivity index (χ0n) is 17.8. The molecule has 0 radical (unpaired) electrons. The molecule has 7 nitrogen and oxygen atoms in total. The third-order valence-electron chi connectivity index (χ3n) is 4.67. The second-order valence-corrected chi connectivity index (χ2v) is 9.93. The van der Waals surface area contributed by atoms with Crippen LogP contribution in [0, 0.1) is 0 Å². The Balaban J connectivity index is 2.00. The SMILES string of the molecule is CCOCCn1c(=NC(=O)c2ccc(S(=O)(=O)CC)cc2)sc2cc(OCC)ccc21. The van der Waals surface area contributed by atoms with Crippen molar-refractivity contribution in [1.29, 1.82) is 0 Å². The largest absolute Gasteiger partial charge is 0.494 e. The molecule has 3 aromatic rings. The topological polar surface area (TPSA) is 87.0 Å². The number of hydrogen-bond acceptors (Lipinski definition) is 6. The van der Waals surface area contributed by atoms with E-state index in [-0.39, 0.29) is 10.6 Å². The van der Waals surface area contributed by atoms with Gasteiger partial charge in [-0.2, -0.15) is 4.99 Å². The minimum atomic E-state index is -3.32. The number of carbonyl (C=O) groups excluding carboxylic acids is 1. The highest BCUT2D eigenvalue weighted by Gasteiger charge is 2.14. The first kappa shape index (κ1) is 23.2. The monoisotopic (exact) mass is 462 g/mol. The summed E-state index contributed by atoms with van der Waals surface area (Å²) in [4.78, 5) is 17.9. The Bertz CT molecular complexity index is 1230. The van der Waals surface area contributed by atoms with E-state index < -0.39 is 15.7 Å². The number of carbonyl (C=O) groups is 1. The van der Waals surface area contributed by atoms with Gasteiger partial charge in [-0.15, -0.1) is 0 Å². The lowest BCUT2D eigenvalue weighted by atomic mass is 10.2. The number of hydrogen-bond donors (Lipinski definition) is 0. The summed E-state index contributed by atoms with van der Waals surface area (Å²) in [7, 11) is -3.32. The quantitative estimate of drug-likeness (QED) is 0.453. The van der Waals surface area contributed by atoms with Gasteiger partial charge < -0.3 is 14.0 Å².